The Bertz CT molecular complexity index is 428. The van der Waals surface area contributed by atoms with Crippen LogP contribution in [0.25, 0.3) is 0 Å². The molecule has 1 aromatic carbocycles. The Hall–Kier alpha value is -1.88. The van der Waals surface area contributed by atoms with Gasteiger partial charge in [0.15, 0.2) is 0 Å². The standard InChI is InChI=1S/C14H19NO4/c1-15(9-3-4-13(17)19-2)14(18)12-7-5-11(10-16)6-8-12/h5-8,16H,3-4,9-10H2,1-2H3. The maximum Gasteiger partial charge on any atom is 0.305 e. The fraction of sp³-hybridized carbons (Fsp3) is 0.429. The molecule has 1 amide bonds. The quantitative estimate of drug-likeness (QED) is 0.785. The molecule has 1 aromatic rings. The summed E-state index contributed by atoms with van der Waals surface area (Å²) in [6, 6.07) is 6.81. The van der Waals surface area contributed by atoms with Crippen LogP contribution in [0.15, 0.2) is 24.3 Å². The first-order valence-electron chi connectivity index (χ1n) is 6.10. The maximum absolute atomic E-state index is 12.0. The predicted octanol–water partition coefficient (Wildman–Crippen LogP) is 1.20. The van der Waals surface area contributed by atoms with Crippen LogP contribution in [0.4, 0.5) is 0 Å². The molecule has 0 spiro atoms. The predicted molar refractivity (Wildman–Crippen MR) is 70.6 cm³/mol. The van der Waals surface area contributed by atoms with Crippen LogP contribution in [0.5, 0.6) is 0 Å². The highest BCUT2D eigenvalue weighted by molar-refractivity contribution is 5.94. The van der Waals surface area contributed by atoms with Gasteiger partial charge in [-0.2, -0.15) is 0 Å². The van der Waals surface area contributed by atoms with Crippen molar-refractivity contribution in [3.63, 3.8) is 0 Å². The lowest BCUT2D eigenvalue weighted by atomic mass is 10.1. The molecular weight excluding hydrogens is 246 g/mol. The summed E-state index contributed by atoms with van der Waals surface area (Å²) in [5.41, 5.74) is 1.34. The number of amides is 1. The van der Waals surface area contributed by atoms with Crippen LogP contribution in [-0.2, 0) is 16.1 Å². The molecule has 0 unspecified atom stereocenters. The summed E-state index contributed by atoms with van der Waals surface area (Å²) < 4.78 is 4.54. The molecular formula is C14H19NO4. The van der Waals surface area contributed by atoms with Gasteiger partial charge in [-0.15, -0.1) is 0 Å². The number of rotatable bonds is 6. The maximum atomic E-state index is 12.0. The van der Waals surface area contributed by atoms with Crippen LogP contribution >= 0.6 is 0 Å². The molecule has 0 aromatic heterocycles. The van der Waals surface area contributed by atoms with E-state index < -0.39 is 0 Å². The first-order chi connectivity index (χ1) is 9.08. The zero-order valence-electron chi connectivity index (χ0n) is 11.3. The zero-order chi connectivity index (χ0) is 14.3. The van der Waals surface area contributed by atoms with E-state index in [0.717, 1.165) is 5.56 Å². The van der Waals surface area contributed by atoms with Gasteiger partial charge in [0.05, 0.1) is 13.7 Å². The summed E-state index contributed by atoms with van der Waals surface area (Å²) in [4.78, 5) is 24.6. The number of ether oxygens (including phenoxy) is 1. The van der Waals surface area contributed by atoms with E-state index in [0.29, 0.717) is 24.9 Å². The molecule has 0 aliphatic carbocycles. The van der Waals surface area contributed by atoms with Gasteiger partial charge in [-0.1, -0.05) is 12.1 Å². The molecule has 0 aliphatic heterocycles. The third kappa shape index (κ3) is 4.71. The molecule has 0 atom stereocenters. The van der Waals surface area contributed by atoms with Crippen LogP contribution in [0, 0.1) is 0 Å². The molecule has 1 rings (SSSR count). The summed E-state index contributed by atoms with van der Waals surface area (Å²) in [7, 11) is 3.04. The molecule has 0 saturated carbocycles. The van der Waals surface area contributed by atoms with Gasteiger partial charge in [0, 0.05) is 25.6 Å². The average Bonchev–Trinajstić information content (AvgIpc) is 2.46. The molecule has 0 saturated heterocycles. The Kier molecular flexibility index (Phi) is 6.02. The van der Waals surface area contributed by atoms with Crippen molar-refractivity contribution in [3.05, 3.63) is 35.4 Å². The van der Waals surface area contributed by atoms with Gasteiger partial charge in [0.1, 0.15) is 0 Å². The van der Waals surface area contributed by atoms with E-state index in [2.05, 4.69) is 4.74 Å². The topological polar surface area (TPSA) is 66.8 Å². The van der Waals surface area contributed by atoms with Gasteiger partial charge in [0.2, 0.25) is 0 Å². The number of aliphatic hydroxyl groups is 1. The number of aliphatic hydroxyl groups excluding tert-OH is 1. The van der Waals surface area contributed by atoms with Gasteiger partial charge >= 0.3 is 5.97 Å². The summed E-state index contributed by atoms with van der Waals surface area (Å²) in [5.74, 6) is -0.373. The lowest BCUT2D eigenvalue weighted by Gasteiger charge is -2.17. The Morgan fingerprint density at radius 2 is 1.89 bits per heavy atom. The smallest absolute Gasteiger partial charge is 0.305 e. The van der Waals surface area contributed by atoms with Crippen LogP contribution in [-0.4, -0.2) is 42.6 Å². The van der Waals surface area contributed by atoms with E-state index >= 15 is 0 Å². The van der Waals surface area contributed by atoms with E-state index in [1.54, 1.807) is 36.2 Å². The minimum atomic E-state index is -0.270. The third-order valence-corrected chi connectivity index (χ3v) is 2.83. The second kappa shape index (κ2) is 7.53. The van der Waals surface area contributed by atoms with Gasteiger partial charge in [-0.05, 0) is 24.1 Å². The van der Waals surface area contributed by atoms with E-state index in [1.165, 1.54) is 7.11 Å². The molecule has 5 nitrogen and oxygen atoms in total. The van der Waals surface area contributed by atoms with Crippen LogP contribution in [0.1, 0.15) is 28.8 Å². The third-order valence-electron chi connectivity index (χ3n) is 2.83. The number of carbonyl (C=O) groups is 2. The van der Waals surface area contributed by atoms with Crippen molar-refractivity contribution in [1.82, 2.24) is 4.90 Å². The minimum absolute atomic E-state index is 0.0383. The lowest BCUT2D eigenvalue weighted by molar-refractivity contribution is -0.140. The molecule has 1 N–H and O–H groups in total. The SMILES string of the molecule is COC(=O)CCCN(C)C(=O)c1ccc(CO)cc1. The normalized spacial score (nSPS) is 10.1. The Labute approximate surface area is 112 Å². The summed E-state index contributed by atoms with van der Waals surface area (Å²) in [6.07, 6.45) is 0.876. The summed E-state index contributed by atoms with van der Waals surface area (Å²) in [5, 5.41) is 8.93. The van der Waals surface area contributed by atoms with Crippen molar-refractivity contribution < 1.29 is 19.4 Å². The van der Waals surface area contributed by atoms with Crippen molar-refractivity contribution >= 4 is 11.9 Å². The van der Waals surface area contributed by atoms with Crippen LogP contribution in [0.3, 0.4) is 0 Å². The Balaban J connectivity index is 2.49. The monoisotopic (exact) mass is 265 g/mol. The number of esters is 1. The Morgan fingerprint density at radius 1 is 1.26 bits per heavy atom. The number of hydrogen-bond donors (Lipinski definition) is 1. The van der Waals surface area contributed by atoms with Crippen molar-refractivity contribution in [2.24, 2.45) is 0 Å². The molecule has 19 heavy (non-hydrogen) atoms. The molecule has 0 aliphatic rings. The van der Waals surface area contributed by atoms with E-state index in [1.807, 2.05) is 0 Å². The highest BCUT2D eigenvalue weighted by Gasteiger charge is 2.11. The fourth-order valence-corrected chi connectivity index (χ4v) is 1.64. The number of hydrogen-bond acceptors (Lipinski definition) is 4. The fourth-order valence-electron chi connectivity index (χ4n) is 1.64. The van der Waals surface area contributed by atoms with E-state index in [9.17, 15) is 9.59 Å². The van der Waals surface area contributed by atoms with Crippen molar-refractivity contribution in [3.8, 4) is 0 Å². The number of benzene rings is 1. The van der Waals surface area contributed by atoms with E-state index in [-0.39, 0.29) is 18.5 Å². The van der Waals surface area contributed by atoms with Gasteiger partial charge < -0.3 is 14.7 Å². The lowest BCUT2D eigenvalue weighted by Crippen LogP contribution is -2.28. The van der Waals surface area contributed by atoms with Gasteiger partial charge in [0.25, 0.3) is 5.91 Å². The van der Waals surface area contributed by atoms with E-state index in [4.69, 9.17) is 5.11 Å². The molecule has 0 fully saturated rings. The minimum Gasteiger partial charge on any atom is -0.469 e. The first-order valence-corrected chi connectivity index (χ1v) is 6.10. The van der Waals surface area contributed by atoms with Gasteiger partial charge in [-0.25, -0.2) is 0 Å². The van der Waals surface area contributed by atoms with Crippen LogP contribution < -0.4 is 0 Å². The summed E-state index contributed by atoms with van der Waals surface area (Å²) in [6.45, 7) is 0.457. The molecule has 104 valence electrons. The second-order valence-electron chi connectivity index (χ2n) is 4.26. The largest absolute Gasteiger partial charge is 0.469 e. The summed E-state index contributed by atoms with van der Waals surface area (Å²) >= 11 is 0. The van der Waals surface area contributed by atoms with Crippen molar-refractivity contribution in [1.29, 1.82) is 0 Å². The molecule has 0 bridgehead atoms. The first kappa shape index (κ1) is 15.2. The van der Waals surface area contributed by atoms with Crippen molar-refractivity contribution in [2.45, 2.75) is 19.4 Å². The number of carbonyl (C=O) groups excluding carboxylic acids is 2. The van der Waals surface area contributed by atoms with Gasteiger partial charge in [-0.3, -0.25) is 9.59 Å². The number of nitrogens with zero attached hydrogens (tertiary/aromatic N) is 1. The zero-order valence-corrected chi connectivity index (χ0v) is 11.3. The second-order valence-corrected chi connectivity index (χ2v) is 4.26. The molecule has 0 heterocycles. The molecule has 0 radical (unpaired) electrons. The molecule has 5 heteroatoms. The average molecular weight is 265 g/mol. The van der Waals surface area contributed by atoms with Crippen LogP contribution in [0.2, 0.25) is 0 Å². The highest BCUT2D eigenvalue weighted by Crippen LogP contribution is 2.08. The Morgan fingerprint density at radius 3 is 2.42 bits per heavy atom. The number of methoxy groups -OCH3 is 1. The van der Waals surface area contributed by atoms with Crippen molar-refractivity contribution in [2.75, 3.05) is 20.7 Å². The highest BCUT2D eigenvalue weighted by atomic mass is 16.5.